The first kappa shape index (κ1) is 26.0. The highest BCUT2D eigenvalue weighted by molar-refractivity contribution is 7.14. The number of carbonyl (C=O) groups is 1. The second-order valence-electron chi connectivity index (χ2n) is 12.4. The zero-order valence-corrected chi connectivity index (χ0v) is 24.6. The van der Waals surface area contributed by atoms with Crippen LogP contribution in [0.25, 0.3) is 11.3 Å². The van der Waals surface area contributed by atoms with Gasteiger partial charge >= 0.3 is 0 Å². The number of nitrogens with zero attached hydrogens (tertiary/aromatic N) is 4. The van der Waals surface area contributed by atoms with E-state index in [1.165, 1.54) is 41.6 Å². The topological polar surface area (TPSA) is 48.9 Å². The van der Waals surface area contributed by atoms with Crippen molar-refractivity contribution in [1.82, 2.24) is 14.8 Å². The molecule has 40 heavy (non-hydrogen) atoms. The molecule has 7 rings (SSSR count). The van der Waals surface area contributed by atoms with Crippen molar-refractivity contribution >= 4 is 22.4 Å². The molecule has 6 nitrogen and oxygen atoms in total. The number of thiazole rings is 1. The van der Waals surface area contributed by atoms with Gasteiger partial charge in [0.05, 0.1) is 5.69 Å². The molecule has 3 heterocycles. The molecule has 2 aliphatic carbocycles. The van der Waals surface area contributed by atoms with E-state index in [1.54, 1.807) is 11.3 Å². The van der Waals surface area contributed by atoms with E-state index in [4.69, 9.17) is 9.72 Å². The quantitative estimate of drug-likeness (QED) is 0.346. The van der Waals surface area contributed by atoms with E-state index in [9.17, 15) is 4.79 Å². The number of aromatic nitrogens is 1. The fourth-order valence-corrected chi connectivity index (χ4v) is 7.27. The maximum atomic E-state index is 12.4. The predicted molar refractivity (Wildman–Crippen MR) is 161 cm³/mol. The molecule has 4 aliphatic rings. The molecule has 4 fully saturated rings. The minimum Gasteiger partial charge on any atom is -0.488 e. The molecule has 2 saturated heterocycles. The summed E-state index contributed by atoms with van der Waals surface area (Å²) in [6.07, 6.45) is 4.90. The number of aryl methyl sites for hydroxylation is 2. The Bertz CT molecular complexity index is 1390. The zero-order chi connectivity index (χ0) is 27.2. The molecule has 3 aromatic rings. The van der Waals surface area contributed by atoms with Crippen LogP contribution in [0.3, 0.4) is 0 Å². The Labute approximate surface area is 242 Å². The second kappa shape index (κ2) is 10.8. The Morgan fingerprint density at radius 3 is 2.62 bits per heavy atom. The molecule has 2 saturated carbocycles. The summed E-state index contributed by atoms with van der Waals surface area (Å²) in [5.74, 6) is 3.46. The van der Waals surface area contributed by atoms with Crippen LogP contribution in [-0.2, 0) is 17.9 Å². The first-order valence-electron chi connectivity index (χ1n) is 15.0. The highest BCUT2D eigenvalue weighted by atomic mass is 32.1. The number of carbonyl (C=O) groups excluding carboxylic acids is 1. The summed E-state index contributed by atoms with van der Waals surface area (Å²) in [6.45, 7) is 11.7. The van der Waals surface area contributed by atoms with Crippen LogP contribution in [0.5, 0.6) is 5.75 Å². The summed E-state index contributed by atoms with van der Waals surface area (Å²) in [7, 11) is 0. The van der Waals surface area contributed by atoms with Gasteiger partial charge in [-0.05, 0) is 80.2 Å². The highest BCUT2D eigenvalue weighted by Crippen LogP contribution is 2.46. The van der Waals surface area contributed by atoms with Crippen LogP contribution in [0.4, 0.5) is 5.13 Å². The van der Waals surface area contributed by atoms with E-state index in [2.05, 4.69) is 70.3 Å². The number of amides is 1. The van der Waals surface area contributed by atoms with Crippen LogP contribution in [-0.4, -0.2) is 60.0 Å². The van der Waals surface area contributed by atoms with E-state index in [-0.39, 0.29) is 0 Å². The van der Waals surface area contributed by atoms with Crippen LogP contribution < -0.4 is 9.64 Å². The van der Waals surface area contributed by atoms with E-state index in [1.807, 2.05) is 0 Å². The van der Waals surface area contributed by atoms with Crippen molar-refractivity contribution in [3.63, 3.8) is 0 Å². The number of piperidine rings is 1. The number of benzene rings is 2. The van der Waals surface area contributed by atoms with Gasteiger partial charge in [0.1, 0.15) is 12.4 Å². The molecule has 0 bridgehead atoms. The summed E-state index contributed by atoms with van der Waals surface area (Å²) in [5.41, 5.74) is 7.10. The first-order chi connectivity index (χ1) is 19.5. The van der Waals surface area contributed by atoms with Crippen molar-refractivity contribution < 1.29 is 9.53 Å². The zero-order valence-electron chi connectivity index (χ0n) is 23.8. The molecule has 0 spiro atoms. The van der Waals surface area contributed by atoms with Crippen LogP contribution in [0.15, 0.2) is 41.8 Å². The third-order valence-electron chi connectivity index (χ3n) is 9.27. The maximum Gasteiger partial charge on any atom is 0.225 e. The number of ether oxygens (including phenoxy) is 1. The minimum atomic E-state index is 0.323. The summed E-state index contributed by atoms with van der Waals surface area (Å²) < 4.78 is 6.44. The molecule has 0 radical (unpaired) electrons. The summed E-state index contributed by atoms with van der Waals surface area (Å²) >= 11 is 1.76. The van der Waals surface area contributed by atoms with Crippen LogP contribution in [0, 0.1) is 31.6 Å². The van der Waals surface area contributed by atoms with Gasteiger partial charge in [0.2, 0.25) is 5.91 Å². The lowest BCUT2D eigenvalue weighted by Crippen LogP contribution is -2.48. The number of anilines is 1. The van der Waals surface area contributed by atoms with Crippen LogP contribution in [0.1, 0.15) is 47.9 Å². The third kappa shape index (κ3) is 5.64. The fourth-order valence-electron chi connectivity index (χ4n) is 6.41. The van der Waals surface area contributed by atoms with E-state index in [0.29, 0.717) is 18.4 Å². The molecule has 1 aromatic heterocycles. The van der Waals surface area contributed by atoms with Gasteiger partial charge in [-0.1, -0.05) is 29.8 Å². The summed E-state index contributed by atoms with van der Waals surface area (Å²) in [4.78, 5) is 24.4. The predicted octanol–water partition coefficient (Wildman–Crippen LogP) is 5.91. The monoisotopic (exact) mass is 556 g/mol. The first-order valence-corrected chi connectivity index (χ1v) is 15.9. The maximum absolute atomic E-state index is 12.4. The van der Waals surface area contributed by atoms with E-state index >= 15 is 0 Å². The summed E-state index contributed by atoms with van der Waals surface area (Å²) in [5, 5.41) is 3.34. The number of fused-ring (bicyclic) bond motifs is 1. The lowest BCUT2D eigenvalue weighted by Gasteiger charge is -2.35. The smallest absolute Gasteiger partial charge is 0.225 e. The molecular formula is C33H40N4O2S. The van der Waals surface area contributed by atoms with Crippen molar-refractivity contribution in [2.45, 2.75) is 52.7 Å². The van der Waals surface area contributed by atoms with Crippen molar-refractivity contribution in [3.05, 3.63) is 64.0 Å². The normalized spacial score (nSPS) is 22.8. The van der Waals surface area contributed by atoms with Crippen LogP contribution in [0.2, 0.25) is 0 Å². The third-order valence-corrected chi connectivity index (χ3v) is 10.2. The molecule has 2 atom stereocenters. The van der Waals surface area contributed by atoms with Gasteiger partial charge < -0.3 is 14.5 Å². The van der Waals surface area contributed by atoms with Gasteiger partial charge in [-0.2, -0.15) is 0 Å². The van der Waals surface area contributed by atoms with Gasteiger partial charge in [0.15, 0.2) is 5.13 Å². The lowest BCUT2D eigenvalue weighted by molar-refractivity contribution is -0.134. The van der Waals surface area contributed by atoms with Crippen LogP contribution >= 0.6 is 11.3 Å². The molecule has 7 heteroatoms. The largest absolute Gasteiger partial charge is 0.488 e. The van der Waals surface area contributed by atoms with E-state index < -0.39 is 0 Å². The number of hydrogen-bond donors (Lipinski definition) is 0. The Kier molecular flexibility index (Phi) is 7.04. The van der Waals surface area contributed by atoms with Gasteiger partial charge in [0.25, 0.3) is 0 Å². The molecule has 2 aliphatic heterocycles. The molecule has 1 amide bonds. The van der Waals surface area contributed by atoms with Gasteiger partial charge in [0, 0.05) is 62.7 Å². The molecule has 0 N–H and O–H groups in total. The SMILES string of the molecule is Cc1ccc(OCc2ccc(CN3CCN(C(=O)C4CC4)CC3)cc2C)c(-c2csc(N3CCC4CC4C3)n2)c1. The Morgan fingerprint density at radius 2 is 1.85 bits per heavy atom. The molecule has 210 valence electrons. The highest BCUT2D eigenvalue weighted by Gasteiger charge is 2.42. The van der Waals surface area contributed by atoms with Crippen molar-refractivity contribution in [1.29, 1.82) is 0 Å². The lowest BCUT2D eigenvalue weighted by atomic mass is 10.0. The molecular weight excluding hydrogens is 516 g/mol. The number of hydrogen-bond acceptors (Lipinski definition) is 6. The van der Waals surface area contributed by atoms with Gasteiger partial charge in [-0.15, -0.1) is 11.3 Å². The average Bonchev–Trinajstić information content (AvgIpc) is 3.90. The Balaban J connectivity index is 0.979. The number of piperazine rings is 1. The van der Waals surface area contributed by atoms with E-state index in [0.717, 1.165) is 86.1 Å². The standard InChI is InChI=1S/C33H40N4O2S/c1-22-3-8-31(29(15-22)30-21-40-33(34-30)37-10-9-26-17-28(26)19-37)39-20-27-5-4-24(16-23(27)2)18-35-11-13-36(14-12-35)32(38)25-6-7-25/h3-5,8,15-16,21,25-26,28H,6-7,9-14,17-20H2,1-2H3. The fraction of sp³-hybridized carbons (Fsp3) is 0.515. The number of rotatable bonds is 8. The Morgan fingerprint density at radius 1 is 1.00 bits per heavy atom. The minimum absolute atomic E-state index is 0.323. The molecule has 2 unspecified atom stereocenters. The average molecular weight is 557 g/mol. The van der Waals surface area contributed by atoms with Crippen molar-refractivity contribution in [3.8, 4) is 17.0 Å². The van der Waals surface area contributed by atoms with Gasteiger partial charge in [-0.25, -0.2) is 4.98 Å². The van der Waals surface area contributed by atoms with Crippen molar-refractivity contribution in [2.24, 2.45) is 17.8 Å². The summed E-state index contributed by atoms with van der Waals surface area (Å²) in [6, 6.07) is 13.2. The second-order valence-corrected chi connectivity index (χ2v) is 13.3. The van der Waals surface area contributed by atoms with Crippen molar-refractivity contribution in [2.75, 3.05) is 44.2 Å². The Hall–Kier alpha value is -2.90. The molecule has 2 aromatic carbocycles. The van der Waals surface area contributed by atoms with Gasteiger partial charge in [-0.3, -0.25) is 9.69 Å².